The fourth-order valence-electron chi connectivity index (χ4n) is 4.14. The standard InChI is InChI=1S/C21H21N3O/c25-21-19-8-4-2-6-16(19)13-22-24(21)14-23(17-10-11-17)20-12-9-15-5-1-3-7-18(15)20/h1-8,13,17,20H,9-12,14H2. The van der Waals surface area contributed by atoms with Gasteiger partial charge >= 0.3 is 0 Å². The van der Waals surface area contributed by atoms with Crippen LogP contribution in [-0.4, -0.2) is 20.7 Å². The number of hydrogen-bond donors (Lipinski definition) is 0. The van der Waals surface area contributed by atoms with E-state index in [1.54, 1.807) is 4.68 Å². The third kappa shape index (κ3) is 2.57. The van der Waals surface area contributed by atoms with Crippen molar-refractivity contribution in [3.05, 3.63) is 76.2 Å². The van der Waals surface area contributed by atoms with Crippen LogP contribution in [0.4, 0.5) is 0 Å². The van der Waals surface area contributed by atoms with Crippen molar-refractivity contribution >= 4 is 10.8 Å². The zero-order valence-electron chi connectivity index (χ0n) is 14.1. The van der Waals surface area contributed by atoms with Gasteiger partial charge in [-0.25, -0.2) is 4.68 Å². The average molecular weight is 331 g/mol. The lowest BCUT2D eigenvalue weighted by Crippen LogP contribution is -2.37. The molecule has 0 aliphatic heterocycles. The minimum absolute atomic E-state index is 0.00929. The molecule has 126 valence electrons. The van der Waals surface area contributed by atoms with E-state index in [0.717, 1.165) is 23.6 Å². The summed E-state index contributed by atoms with van der Waals surface area (Å²) in [6.07, 6.45) is 6.52. The minimum atomic E-state index is 0.00929. The van der Waals surface area contributed by atoms with Crippen molar-refractivity contribution in [1.82, 2.24) is 14.7 Å². The molecule has 0 N–H and O–H groups in total. The first-order valence-electron chi connectivity index (χ1n) is 9.10. The zero-order valence-corrected chi connectivity index (χ0v) is 14.1. The number of fused-ring (bicyclic) bond motifs is 2. The molecule has 0 bridgehead atoms. The molecule has 5 rings (SSSR count). The molecule has 4 nitrogen and oxygen atoms in total. The molecule has 1 fully saturated rings. The maximum absolute atomic E-state index is 12.8. The van der Waals surface area contributed by atoms with Gasteiger partial charge < -0.3 is 0 Å². The third-order valence-corrected chi connectivity index (χ3v) is 5.58. The van der Waals surface area contributed by atoms with Crippen LogP contribution in [0.25, 0.3) is 10.8 Å². The Bertz CT molecular complexity index is 990. The van der Waals surface area contributed by atoms with Crippen molar-refractivity contribution in [2.24, 2.45) is 0 Å². The van der Waals surface area contributed by atoms with E-state index in [2.05, 4.69) is 34.3 Å². The van der Waals surface area contributed by atoms with E-state index in [1.807, 2.05) is 30.5 Å². The molecular weight excluding hydrogens is 310 g/mol. The Labute approximate surface area is 146 Å². The average Bonchev–Trinajstić information content (AvgIpc) is 3.41. The fraction of sp³-hybridized carbons (Fsp3) is 0.333. The molecular formula is C21H21N3O. The van der Waals surface area contributed by atoms with Gasteiger partial charge in [0.2, 0.25) is 0 Å². The second kappa shape index (κ2) is 5.81. The van der Waals surface area contributed by atoms with Crippen LogP contribution in [0.15, 0.2) is 59.5 Å². The van der Waals surface area contributed by atoms with Gasteiger partial charge in [-0.05, 0) is 42.9 Å². The van der Waals surface area contributed by atoms with Crippen LogP contribution >= 0.6 is 0 Å². The first-order valence-corrected chi connectivity index (χ1v) is 9.10. The van der Waals surface area contributed by atoms with Crippen molar-refractivity contribution in [1.29, 1.82) is 0 Å². The summed E-state index contributed by atoms with van der Waals surface area (Å²) in [5, 5.41) is 6.11. The second-order valence-electron chi connectivity index (χ2n) is 7.18. The lowest BCUT2D eigenvalue weighted by Gasteiger charge is -2.29. The quantitative estimate of drug-likeness (QED) is 0.734. The van der Waals surface area contributed by atoms with Gasteiger partial charge in [0.1, 0.15) is 0 Å². The summed E-state index contributed by atoms with van der Waals surface area (Å²) < 4.78 is 1.64. The first-order chi connectivity index (χ1) is 12.3. The smallest absolute Gasteiger partial charge is 0.274 e. The van der Waals surface area contributed by atoms with Gasteiger partial charge in [0.15, 0.2) is 0 Å². The first kappa shape index (κ1) is 14.8. The van der Waals surface area contributed by atoms with Crippen LogP contribution in [0.2, 0.25) is 0 Å². The molecule has 2 aliphatic carbocycles. The van der Waals surface area contributed by atoms with Crippen molar-refractivity contribution in [2.45, 2.75) is 44.4 Å². The maximum Gasteiger partial charge on any atom is 0.275 e. The Morgan fingerprint density at radius 1 is 1.04 bits per heavy atom. The van der Waals surface area contributed by atoms with Gasteiger partial charge in [-0.3, -0.25) is 9.69 Å². The Kier molecular flexibility index (Phi) is 3.45. The summed E-state index contributed by atoms with van der Waals surface area (Å²) in [5.74, 6) is 0. The van der Waals surface area contributed by atoms with Crippen LogP contribution in [0.5, 0.6) is 0 Å². The van der Waals surface area contributed by atoms with Gasteiger partial charge in [0.05, 0.1) is 18.3 Å². The number of aromatic nitrogens is 2. The summed E-state index contributed by atoms with van der Waals surface area (Å²) in [6.45, 7) is 0.577. The molecule has 0 spiro atoms. The minimum Gasteiger partial charge on any atom is -0.274 e. The largest absolute Gasteiger partial charge is 0.275 e. The van der Waals surface area contributed by atoms with Crippen molar-refractivity contribution in [2.75, 3.05) is 0 Å². The topological polar surface area (TPSA) is 38.1 Å². The Balaban J connectivity index is 1.51. The monoisotopic (exact) mass is 331 g/mol. The van der Waals surface area contributed by atoms with Gasteiger partial charge in [-0.15, -0.1) is 0 Å². The molecule has 4 heteroatoms. The number of rotatable bonds is 4. The van der Waals surface area contributed by atoms with Crippen LogP contribution in [0.1, 0.15) is 36.4 Å². The van der Waals surface area contributed by atoms with E-state index in [0.29, 0.717) is 18.8 Å². The van der Waals surface area contributed by atoms with E-state index in [1.165, 1.54) is 24.0 Å². The number of benzene rings is 2. The zero-order chi connectivity index (χ0) is 16.8. The van der Waals surface area contributed by atoms with Crippen LogP contribution in [0.3, 0.4) is 0 Å². The molecule has 0 saturated heterocycles. The third-order valence-electron chi connectivity index (χ3n) is 5.58. The van der Waals surface area contributed by atoms with Crippen molar-refractivity contribution < 1.29 is 0 Å². The highest BCUT2D eigenvalue weighted by atomic mass is 16.1. The Morgan fingerprint density at radius 3 is 2.72 bits per heavy atom. The van der Waals surface area contributed by atoms with Crippen LogP contribution < -0.4 is 5.56 Å². The van der Waals surface area contributed by atoms with Crippen LogP contribution in [0, 0.1) is 0 Å². The van der Waals surface area contributed by atoms with Crippen molar-refractivity contribution in [3.8, 4) is 0 Å². The van der Waals surface area contributed by atoms with Gasteiger partial charge in [-0.1, -0.05) is 42.5 Å². The summed E-state index contributed by atoms with van der Waals surface area (Å²) in [6, 6.07) is 17.4. The predicted octanol–water partition coefficient (Wildman–Crippen LogP) is 3.51. The Hall–Kier alpha value is -2.46. The summed E-state index contributed by atoms with van der Waals surface area (Å²) in [4.78, 5) is 15.3. The lowest BCUT2D eigenvalue weighted by atomic mass is 10.1. The molecule has 1 unspecified atom stereocenters. The normalized spacial score (nSPS) is 19.5. The Morgan fingerprint density at radius 2 is 1.84 bits per heavy atom. The van der Waals surface area contributed by atoms with E-state index in [4.69, 9.17) is 0 Å². The molecule has 0 radical (unpaired) electrons. The molecule has 2 aromatic carbocycles. The number of hydrogen-bond acceptors (Lipinski definition) is 3. The molecule has 1 aromatic heterocycles. The highest BCUT2D eigenvalue weighted by Gasteiger charge is 2.37. The molecule has 1 heterocycles. The number of nitrogens with zero attached hydrogens (tertiary/aromatic N) is 3. The molecule has 3 aromatic rings. The van der Waals surface area contributed by atoms with Gasteiger partial charge in [0.25, 0.3) is 5.56 Å². The van der Waals surface area contributed by atoms with E-state index in [-0.39, 0.29) is 5.56 Å². The van der Waals surface area contributed by atoms with E-state index in [9.17, 15) is 4.79 Å². The van der Waals surface area contributed by atoms with Crippen molar-refractivity contribution in [3.63, 3.8) is 0 Å². The molecule has 25 heavy (non-hydrogen) atoms. The summed E-state index contributed by atoms with van der Waals surface area (Å²) in [5.41, 5.74) is 2.90. The fourth-order valence-corrected chi connectivity index (χ4v) is 4.14. The summed E-state index contributed by atoms with van der Waals surface area (Å²) >= 11 is 0. The van der Waals surface area contributed by atoms with Crippen LogP contribution in [-0.2, 0) is 13.1 Å². The molecule has 0 amide bonds. The second-order valence-corrected chi connectivity index (χ2v) is 7.18. The van der Waals surface area contributed by atoms with E-state index < -0.39 is 0 Å². The highest BCUT2D eigenvalue weighted by molar-refractivity contribution is 5.80. The predicted molar refractivity (Wildman–Crippen MR) is 98.4 cm³/mol. The summed E-state index contributed by atoms with van der Waals surface area (Å²) in [7, 11) is 0. The molecule has 1 atom stereocenters. The molecule has 1 saturated carbocycles. The lowest BCUT2D eigenvalue weighted by molar-refractivity contribution is 0.130. The molecule has 2 aliphatic rings. The highest BCUT2D eigenvalue weighted by Crippen LogP contribution is 2.41. The number of aryl methyl sites for hydroxylation is 1. The SMILES string of the molecule is O=c1c2ccccc2cnn1CN(C1CC1)C1CCc2ccccc21. The van der Waals surface area contributed by atoms with Gasteiger partial charge in [-0.2, -0.15) is 5.10 Å². The van der Waals surface area contributed by atoms with E-state index >= 15 is 0 Å². The maximum atomic E-state index is 12.8. The van der Waals surface area contributed by atoms with Gasteiger partial charge in [0, 0.05) is 17.5 Å².